The average molecular weight is 1400 g/mol. The molecule has 14 heteroatoms. The Labute approximate surface area is 549 Å². The molecule has 4 nitrogen and oxygen atoms in total. The standard InChI is InChI=1S/C8H9Cl.C8H9F.C8H10O.C7H7BrO.C6H7N.3C6H8S.C5H5BrS.C5H5ClS.C5H6O/c2*1-6-3-4-7(2)8(9)5-6;1-6-3-4-8(9)7(2)5-6;1-5-2-3-7(9)6(8)4-5;1-6-3-2-4-7-5-6;1-5-3-4-7-6(5)2;2*1-5-3-4-6(2)7-5;2*1-4-2-3-5(6)7-4;1-5-3-2-4-6-5/h2*3-5H,1-2H3;3-5,9H,1-2H3;2-4,9H,1H3;2-5H,1H3;3*3-4H,1-2H3;2*2-3H,1H3;2-4H,1H3. The number of benzene rings is 4. The molecule has 0 radical (unpaired) electrons. The summed E-state index contributed by atoms with van der Waals surface area (Å²) < 4.78 is 20.3. The second kappa shape index (κ2) is 43.5. The Bertz CT molecular complexity index is 3060. The molecule has 2 N–H and O–H groups in total. The number of halogens is 5. The van der Waals surface area contributed by atoms with Gasteiger partial charge in [-0.25, -0.2) is 4.39 Å². The lowest BCUT2D eigenvalue weighted by atomic mass is 10.1. The fourth-order valence-corrected chi connectivity index (χ4v) is 11.5. The number of pyridine rings is 1. The molecular weight excluding hydrogens is 1310 g/mol. The summed E-state index contributed by atoms with van der Waals surface area (Å²) in [5.41, 5.74) is 9.92. The Balaban J connectivity index is 0.000000463. The molecule has 0 aliphatic carbocycles. The first-order valence-corrected chi connectivity index (χ1v) is 33.1. The van der Waals surface area contributed by atoms with E-state index in [2.05, 4.69) is 139 Å². The Morgan fingerprint density at radius 1 is 0.440 bits per heavy atom. The molecule has 0 amide bonds. The van der Waals surface area contributed by atoms with Crippen LogP contribution in [-0.2, 0) is 0 Å². The normalized spacial score (nSPS) is 9.40. The molecular formula is C70H82Br2Cl2FNO3S5. The van der Waals surface area contributed by atoms with E-state index in [-0.39, 0.29) is 5.82 Å². The first-order chi connectivity index (χ1) is 39.5. The van der Waals surface area contributed by atoms with E-state index in [0.717, 1.165) is 41.8 Å². The molecule has 0 bridgehead atoms. The van der Waals surface area contributed by atoms with Crippen molar-refractivity contribution in [1.82, 2.24) is 4.98 Å². The zero-order chi connectivity index (χ0) is 63.3. The van der Waals surface area contributed by atoms with Crippen molar-refractivity contribution in [3.63, 3.8) is 0 Å². The topological polar surface area (TPSA) is 66.5 Å². The fourth-order valence-electron chi connectivity index (χ4n) is 5.99. The van der Waals surface area contributed by atoms with E-state index in [1.807, 2.05) is 170 Å². The summed E-state index contributed by atoms with van der Waals surface area (Å²) in [4.78, 5) is 13.5. The van der Waals surface area contributed by atoms with Crippen molar-refractivity contribution in [3.8, 4) is 11.5 Å². The van der Waals surface area contributed by atoms with Gasteiger partial charge in [0.2, 0.25) is 0 Å². The Morgan fingerprint density at radius 3 is 1.18 bits per heavy atom. The van der Waals surface area contributed by atoms with Crippen LogP contribution in [0.15, 0.2) is 188 Å². The molecule has 0 unspecified atom stereocenters. The highest BCUT2D eigenvalue weighted by molar-refractivity contribution is 9.11. The highest BCUT2D eigenvalue weighted by Crippen LogP contribution is 2.24. The number of hydrogen-bond acceptors (Lipinski definition) is 9. The van der Waals surface area contributed by atoms with Crippen molar-refractivity contribution in [3.05, 3.63) is 289 Å². The van der Waals surface area contributed by atoms with Gasteiger partial charge in [-0.3, -0.25) is 4.98 Å². The summed E-state index contributed by atoms with van der Waals surface area (Å²) in [6, 6.07) is 48.7. The van der Waals surface area contributed by atoms with Gasteiger partial charge in [-0.15, -0.1) is 56.7 Å². The number of aromatic hydroxyl groups is 2. The van der Waals surface area contributed by atoms with Crippen LogP contribution in [0, 0.1) is 124 Å². The van der Waals surface area contributed by atoms with Gasteiger partial charge in [0, 0.05) is 51.6 Å². The second-order valence-corrected chi connectivity index (χ2v) is 29.1. The summed E-state index contributed by atoms with van der Waals surface area (Å²) in [5, 5.41) is 21.0. The van der Waals surface area contributed by atoms with Crippen LogP contribution in [0.2, 0.25) is 9.36 Å². The van der Waals surface area contributed by atoms with Crippen LogP contribution >= 0.6 is 112 Å². The van der Waals surface area contributed by atoms with Gasteiger partial charge in [-0.1, -0.05) is 77.3 Å². The lowest BCUT2D eigenvalue weighted by Gasteiger charge is -1.97. The number of aryl methyl sites for hydroxylation is 17. The van der Waals surface area contributed by atoms with Crippen molar-refractivity contribution in [2.24, 2.45) is 0 Å². The van der Waals surface area contributed by atoms with Crippen molar-refractivity contribution in [1.29, 1.82) is 0 Å². The van der Waals surface area contributed by atoms with E-state index >= 15 is 0 Å². The summed E-state index contributed by atoms with van der Waals surface area (Å²) in [5.74, 6) is 1.52. The number of phenols is 2. The molecule has 11 aromatic rings. The molecule has 0 atom stereocenters. The largest absolute Gasteiger partial charge is 0.508 e. The molecule has 7 heterocycles. The maximum Gasteiger partial charge on any atom is 0.129 e. The minimum atomic E-state index is -0.116. The number of hydrogen-bond donors (Lipinski definition) is 2. The summed E-state index contributed by atoms with van der Waals surface area (Å²) >= 11 is 26.8. The lowest BCUT2D eigenvalue weighted by Crippen LogP contribution is -1.81. The quantitative estimate of drug-likeness (QED) is 0.159. The summed E-state index contributed by atoms with van der Waals surface area (Å²) in [6.45, 7) is 34.4. The molecule has 0 aliphatic heterocycles. The minimum absolute atomic E-state index is 0.116. The van der Waals surface area contributed by atoms with Crippen LogP contribution in [0.3, 0.4) is 0 Å². The van der Waals surface area contributed by atoms with Crippen molar-refractivity contribution >= 4 is 112 Å². The molecule has 0 aliphatic rings. The third-order valence-electron chi connectivity index (χ3n) is 10.9. The van der Waals surface area contributed by atoms with E-state index in [1.54, 1.807) is 71.6 Å². The van der Waals surface area contributed by atoms with E-state index < -0.39 is 0 Å². The number of nitrogens with zero attached hydrogens (tertiary/aromatic N) is 1. The molecule has 0 spiro atoms. The SMILES string of the molecule is Cc1ccc(Br)s1.Cc1ccc(C)c(Cl)c1.Cc1ccc(C)c(F)c1.Cc1ccc(C)s1.Cc1ccc(C)s1.Cc1ccc(Cl)s1.Cc1ccc(O)c(Br)c1.Cc1ccc(O)c(C)c1.Cc1cccnc1.Cc1ccco1.Cc1ccsc1C. The Morgan fingerprint density at radius 2 is 0.929 bits per heavy atom. The van der Waals surface area contributed by atoms with E-state index in [9.17, 15) is 4.39 Å². The van der Waals surface area contributed by atoms with Gasteiger partial charge in [0.15, 0.2) is 0 Å². The number of furan rings is 1. The summed E-state index contributed by atoms with van der Waals surface area (Å²) in [7, 11) is 0. The van der Waals surface area contributed by atoms with Crippen LogP contribution in [0.4, 0.5) is 4.39 Å². The number of aromatic nitrogens is 1. The van der Waals surface area contributed by atoms with Crippen molar-refractivity contribution in [2.45, 2.75) is 118 Å². The lowest BCUT2D eigenvalue weighted by molar-refractivity contribution is 0.470. The monoisotopic (exact) mass is 1390 g/mol. The molecule has 0 fully saturated rings. The van der Waals surface area contributed by atoms with Crippen molar-refractivity contribution < 1.29 is 19.0 Å². The number of rotatable bonds is 0. The van der Waals surface area contributed by atoms with Crippen LogP contribution in [0.1, 0.15) is 90.0 Å². The average Bonchev–Trinajstić information content (AvgIpc) is 4.35. The van der Waals surface area contributed by atoms with Crippen LogP contribution in [0.25, 0.3) is 0 Å². The maximum absolute atomic E-state index is 12.6. The Kier molecular flexibility index (Phi) is 39.8. The predicted octanol–water partition coefficient (Wildman–Crippen LogP) is 25.5. The van der Waals surface area contributed by atoms with Gasteiger partial charge < -0.3 is 14.6 Å². The smallest absolute Gasteiger partial charge is 0.129 e. The zero-order valence-corrected chi connectivity index (χ0v) is 60.2. The second-order valence-electron chi connectivity index (χ2n) is 19.2. The predicted molar refractivity (Wildman–Crippen MR) is 380 cm³/mol. The molecule has 11 rings (SSSR count). The highest BCUT2D eigenvalue weighted by atomic mass is 79.9. The van der Waals surface area contributed by atoms with Crippen LogP contribution in [0.5, 0.6) is 11.5 Å². The number of phenolic OH excluding ortho intramolecular Hbond substituents is 2. The summed E-state index contributed by atoms with van der Waals surface area (Å²) in [6.07, 6.45) is 5.27. The minimum Gasteiger partial charge on any atom is -0.508 e. The van der Waals surface area contributed by atoms with Gasteiger partial charge in [0.05, 0.1) is 18.9 Å². The molecule has 84 heavy (non-hydrogen) atoms. The van der Waals surface area contributed by atoms with Gasteiger partial charge in [0.25, 0.3) is 0 Å². The first kappa shape index (κ1) is 76.9. The highest BCUT2D eigenvalue weighted by Gasteiger charge is 1.96. The zero-order valence-electron chi connectivity index (χ0n) is 51.4. The van der Waals surface area contributed by atoms with Gasteiger partial charge >= 0.3 is 0 Å². The third kappa shape index (κ3) is 38.0. The van der Waals surface area contributed by atoms with E-state index in [4.69, 9.17) is 37.8 Å². The van der Waals surface area contributed by atoms with Crippen LogP contribution < -0.4 is 0 Å². The number of thiophene rings is 5. The molecule has 4 aromatic carbocycles. The van der Waals surface area contributed by atoms with Gasteiger partial charge in [-0.05, 0) is 303 Å². The molecule has 450 valence electrons. The first-order valence-electron chi connectivity index (χ1n) is 26.6. The van der Waals surface area contributed by atoms with Gasteiger partial charge in [0.1, 0.15) is 23.1 Å². The van der Waals surface area contributed by atoms with E-state index in [1.165, 1.54) is 66.2 Å². The van der Waals surface area contributed by atoms with Gasteiger partial charge in [-0.2, -0.15) is 0 Å². The molecule has 0 saturated carbocycles. The third-order valence-corrected chi connectivity index (χ3v) is 17.4. The maximum atomic E-state index is 12.6. The van der Waals surface area contributed by atoms with Crippen molar-refractivity contribution in [2.75, 3.05) is 0 Å². The fraction of sp³-hybridized carbons (Fsp3) is 0.243. The van der Waals surface area contributed by atoms with E-state index in [0.29, 0.717) is 17.1 Å². The molecule has 7 aromatic heterocycles. The van der Waals surface area contributed by atoms with Crippen LogP contribution in [-0.4, -0.2) is 15.2 Å². The molecule has 0 saturated heterocycles. The Hall–Kier alpha value is -5.12.